The Bertz CT molecular complexity index is 833. The van der Waals surface area contributed by atoms with Crippen LogP contribution in [0.25, 0.3) is 0 Å². The van der Waals surface area contributed by atoms with E-state index in [9.17, 15) is 9.59 Å². The number of anilines is 1. The molecule has 1 fully saturated rings. The van der Waals surface area contributed by atoms with Crippen LogP contribution in [0.4, 0.5) is 5.69 Å². The predicted molar refractivity (Wildman–Crippen MR) is 111 cm³/mol. The molecule has 0 radical (unpaired) electrons. The molecule has 1 aliphatic rings. The fourth-order valence-electron chi connectivity index (χ4n) is 3.36. The summed E-state index contributed by atoms with van der Waals surface area (Å²) < 4.78 is 10.5. The number of ether oxygens (including phenoxy) is 2. The molecule has 1 N–H and O–H groups in total. The summed E-state index contributed by atoms with van der Waals surface area (Å²) in [6, 6.07) is 14.9. The fourth-order valence-corrected chi connectivity index (χ4v) is 3.36. The van der Waals surface area contributed by atoms with Crippen LogP contribution in [0.5, 0.6) is 11.5 Å². The summed E-state index contributed by atoms with van der Waals surface area (Å²) in [5, 5.41) is 2.89. The normalized spacial score (nSPS) is 14.3. The SMILES string of the molecule is COc1ccc(CC(=O)N2CCN(CC(=O)Nc3ccccc3)CC2)cc1OC. The summed E-state index contributed by atoms with van der Waals surface area (Å²) in [5.74, 6) is 1.30. The molecule has 1 saturated heterocycles. The number of methoxy groups -OCH3 is 2. The number of benzene rings is 2. The van der Waals surface area contributed by atoms with E-state index in [4.69, 9.17) is 9.47 Å². The minimum Gasteiger partial charge on any atom is -0.493 e. The van der Waals surface area contributed by atoms with Crippen molar-refractivity contribution in [3.63, 3.8) is 0 Å². The second kappa shape index (κ2) is 9.93. The zero-order valence-corrected chi connectivity index (χ0v) is 16.9. The van der Waals surface area contributed by atoms with Crippen molar-refractivity contribution >= 4 is 17.5 Å². The third-order valence-corrected chi connectivity index (χ3v) is 4.95. The van der Waals surface area contributed by atoms with Crippen molar-refractivity contribution < 1.29 is 19.1 Å². The largest absolute Gasteiger partial charge is 0.493 e. The highest BCUT2D eigenvalue weighted by Crippen LogP contribution is 2.27. The number of hydrogen-bond acceptors (Lipinski definition) is 5. The number of carbonyl (C=O) groups is 2. The average Bonchev–Trinajstić information content (AvgIpc) is 2.74. The van der Waals surface area contributed by atoms with Crippen LogP contribution in [0, 0.1) is 0 Å². The Balaban J connectivity index is 1.46. The molecule has 0 unspecified atom stereocenters. The number of nitrogens with zero attached hydrogens (tertiary/aromatic N) is 2. The maximum Gasteiger partial charge on any atom is 0.238 e. The monoisotopic (exact) mass is 397 g/mol. The van der Waals surface area contributed by atoms with Gasteiger partial charge in [0.15, 0.2) is 11.5 Å². The van der Waals surface area contributed by atoms with E-state index in [1.165, 1.54) is 0 Å². The molecule has 3 rings (SSSR count). The van der Waals surface area contributed by atoms with Crippen LogP contribution in [0.2, 0.25) is 0 Å². The topological polar surface area (TPSA) is 71.1 Å². The Morgan fingerprint density at radius 3 is 2.28 bits per heavy atom. The first-order valence-electron chi connectivity index (χ1n) is 9.65. The van der Waals surface area contributed by atoms with Gasteiger partial charge in [-0.05, 0) is 29.8 Å². The standard InChI is InChI=1S/C22H27N3O4/c1-28-19-9-8-17(14-20(19)29-2)15-22(27)25-12-10-24(11-13-25)16-21(26)23-18-6-4-3-5-7-18/h3-9,14H,10-13,15-16H2,1-2H3,(H,23,26). The van der Waals surface area contributed by atoms with E-state index in [1.54, 1.807) is 14.2 Å². The lowest BCUT2D eigenvalue weighted by atomic mass is 10.1. The van der Waals surface area contributed by atoms with Gasteiger partial charge in [0.05, 0.1) is 27.2 Å². The van der Waals surface area contributed by atoms with Crippen molar-refractivity contribution in [1.29, 1.82) is 0 Å². The van der Waals surface area contributed by atoms with Crippen molar-refractivity contribution in [2.24, 2.45) is 0 Å². The minimum absolute atomic E-state index is 0.0405. The Morgan fingerprint density at radius 2 is 1.62 bits per heavy atom. The number of para-hydroxylation sites is 1. The molecule has 0 atom stereocenters. The number of rotatable bonds is 7. The minimum atomic E-state index is -0.0405. The number of hydrogen-bond donors (Lipinski definition) is 1. The maximum absolute atomic E-state index is 12.6. The van der Waals surface area contributed by atoms with E-state index >= 15 is 0 Å². The van der Waals surface area contributed by atoms with Gasteiger partial charge in [0.1, 0.15) is 0 Å². The Labute approximate surface area is 171 Å². The van der Waals surface area contributed by atoms with E-state index in [1.807, 2.05) is 53.4 Å². The second-order valence-corrected chi connectivity index (χ2v) is 6.94. The summed E-state index contributed by atoms with van der Waals surface area (Å²) in [4.78, 5) is 28.8. The first-order valence-corrected chi connectivity index (χ1v) is 9.65. The Morgan fingerprint density at radius 1 is 0.931 bits per heavy atom. The molecule has 7 nitrogen and oxygen atoms in total. The van der Waals surface area contributed by atoms with Gasteiger partial charge in [-0.2, -0.15) is 0 Å². The first-order chi connectivity index (χ1) is 14.1. The van der Waals surface area contributed by atoms with E-state index < -0.39 is 0 Å². The zero-order chi connectivity index (χ0) is 20.6. The van der Waals surface area contributed by atoms with Gasteiger partial charge in [0, 0.05) is 31.9 Å². The number of carbonyl (C=O) groups excluding carboxylic acids is 2. The molecule has 7 heteroatoms. The van der Waals surface area contributed by atoms with E-state index in [0.29, 0.717) is 50.6 Å². The van der Waals surface area contributed by atoms with Crippen LogP contribution in [0.3, 0.4) is 0 Å². The highest BCUT2D eigenvalue weighted by Gasteiger charge is 2.22. The molecule has 154 valence electrons. The summed E-state index contributed by atoms with van der Waals surface area (Å²) in [6.45, 7) is 2.92. The molecule has 1 aliphatic heterocycles. The lowest BCUT2D eigenvalue weighted by Gasteiger charge is -2.34. The molecular formula is C22H27N3O4. The molecule has 0 saturated carbocycles. The number of nitrogens with one attached hydrogen (secondary N) is 1. The van der Waals surface area contributed by atoms with Gasteiger partial charge in [-0.3, -0.25) is 14.5 Å². The first kappa shape index (κ1) is 20.7. The van der Waals surface area contributed by atoms with Crippen LogP contribution in [-0.2, 0) is 16.0 Å². The Kier molecular flexibility index (Phi) is 7.08. The van der Waals surface area contributed by atoms with Gasteiger partial charge in [0.25, 0.3) is 0 Å². The zero-order valence-electron chi connectivity index (χ0n) is 16.9. The van der Waals surface area contributed by atoms with E-state index in [-0.39, 0.29) is 11.8 Å². The van der Waals surface area contributed by atoms with Crippen LogP contribution in [-0.4, -0.2) is 68.6 Å². The second-order valence-electron chi connectivity index (χ2n) is 6.94. The maximum atomic E-state index is 12.6. The van der Waals surface area contributed by atoms with Crippen LogP contribution < -0.4 is 14.8 Å². The van der Waals surface area contributed by atoms with Crippen molar-refractivity contribution in [1.82, 2.24) is 9.80 Å². The molecular weight excluding hydrogens is 370 g/mol. The molecule has 0 bridgehead atoms. The summed E-state index contributed by atoms with van der Waals surface area (Å²) >= 11 is 0. The van der Waals surface area contributed by atoms with Crippen molar-refractivity contribution in [2.75, 3.05) is 52.3 Å². The number of amides is 2. The van der Waals surface area contributed by atoms with Gasteiger partial charge in [-0.15, -0.1) is 0 Å². The molecule has 0 spiro atoms. The fraction of sp³-hybridized carbons (Fsp3) is 0.364. The van der Waals surface area contributed by atoms with Crippen LogP contribution in [0.15, 0.2) is 48.5 Å². The van der Waals surface area contributed by atoms with Crippen LogP contribution >= 0.6 is 0 Å². The molecule has 2 aromatic rings. The van der Waals surface area contributed by atoms with E-state index in [0.717, 1.165) is 11.3 Å². The smallest absolute Gasteiger partial charge is 0.238 e. The lowest BCUT2D eigenvalue weighted by Crippen LogP contribution is -2.50. The summed E-state index contributed by atoms with van der Waals surface area (Å²) in [5.41, 5.74) is 1.68. The molecule has 2 amide bonds. The van der Waals surface area contributed by atoms with Crippen molar-refractivity contribution in [2.45, 2.75) is 6.42 Å². The quantitative estimate of drug-likeness (QED) is 0.774. The Hall–Kier alpha value is -3.06. The molecule has 1 heterocycles. The van der Waals surface area contributed by atoms with Crippen molar-refractivity contribution in [3.8, 4) is 11.5 Å². The lowest BCUT2D eigenvalue weighted by molar-refractivity contribution is -0.132. The third kappa shape index (κ3) is 5.71. The molecule has 29 heavy (non-hydrogen) atoms. The predicted octanol–water partition coefficient (Wildman–Crippen LogP) is 2.03. The van der Waals surface area contributed by atoms with Gasteiger partial charge in [-0.25, -0.2) is 0 Å². The third-order valence-electron chi connectivity index (χ3n) is 4.95. The summed E-state index contributed by atoms with van der Waals surface area (Å²) in [6.07, 6.45) is 0.314. The number of piperazine rings is 1. The van der Waals surface area contributed by atoms with Gasteiger partial charge >= 0.3 is 0 Å². The highest BCUT2D eigenvalue weighted by atomic mass is 16.5. The molecule has 0 aromatic heterocycles. The van der Waals surface area contributed by atoms with Crippen molar-refractivity contribution in [3.05, 3.63) is 54.1 Å². The van der Waals surface area contributed by atoms with Gasteiger partial charge < -0.3 is 19.7 Å². The molecule has 2 aromatic carbocycles. The molecule has 0 aliphatic carbocycles. The van der Waals surface area contributed by atoms with Gasteiger partial charge in [0.2, 0.25) is 11.8 Å². The van der Waals surface area contributed by atoms with E-state index in [2.05, 4.69) is 10.2 Å². The highest BCUT2D eigenvalue weighted by molar-refractivity contribution is 5.92. The van der Waals surface area contributed by atoms with Crippen LogP contribution in [0.1, 0.15) is 5.56 Å². The summed E-state index contributed by atoms with van der Waals surface area (Å²) in [7, 11) is 3.17. The van der Waals surface area contributed by atoms with Gasteiger partial charge in [-0.1, -0.05) is 24.3 Å². The average molecular weight is 397 g/mol.